The van der Waals surface area contributed by atoms with Gasteiger partial charge in [-0.15, -0.1) is 0 Å². The molecule has 1 aromatic carbocycles. The van der Waals surface area contributed by atoms with Crippen molar-refractivity contribution in [3.05, 3.63) is 57.9 Å². The SMILES string of the molecule is CC(=O)NC[C@H]1CN(c2ccc(N[C@H]3CCN(c4nc5c(cc4F)c(=O)c(C(=O)O)cn5C4CC4)C3)c(F)c2)C(=O)O1. The van der Waals surface area contributed by atoms with Crippen LogP contribution in [0.3, 0.4) is 0 Å². The Morgan fingerprint density at radius 3 is 2.60 bits per heavy atom. The van der Waals surface area contributed by atoms with Gasteiger partial charge in [-0.1, -0.05) is 0 Å². The van der Waals surface area contributed by atoms with Crippen molar-refractivity contribution >= 4 is 46.2 Å². The molecule has 220 valence electrons. The predicted octanol–water partition coefficient (Wildman–Crippen LogP) is 2.86. The van der Waals surface area contributed by atoms with Crippen LogP contribution in [-0.4, -0.2) is 71.0 Å². The number of aromatic carboxylic acids is 1. The molecule has 0 spiro atoms. The summed E-state index contributed by atoms with van der Waals surface area (Å²) in [7, 11) is 0. The molecule has 2 atom stereocenters. The molecule has 0 bridgehead atoms. The summed E-state index contributed by atoms with van der Waals surface area (Å²) in [6.45, 7) is 2.41. The number of amides is 2. The third-order valence-electron chi connectivity index (χ3n) is 7.67. The number of pyridine rings is 2. The molecule has 4 heterocycles. The van der Waals surface area contributed by atoms with Gasteiger partial charge in [0.2, 0.25) is 11.3 Å². The number of hydrogen-bond acceptors (Lipinski definition) is 8. The number of aromatic nitrogens is 2. The zero-order valence-electron chi connectivity index (χ0n) is 22.6. The number of carboxylic acids is 1. The molecule has 2 aliphatic heterocycles. The number of hydrogen-bond donors (Lipinski definition) is 3. The number of ether oxygens (including phenoxy) is 1. The normalized spacial score (nSPS) is 20.2. The number of rotatable bonds is 8. The van der Waals surface area contributed by atoms with Gasteiger partial charge in [-0.25, -0.2) is 23.4 Å². The fraction of sp³-hybridized carbons (Fsp3) is 0.393. The van der Waals surface area contributed by atoms with Crippen molar-refractivity contribution in [1.82, 2.24) is 14.9 Å². The Balaban J connectivity index is 1.17. The minimum absolute atomic E-state index is 0.00135. The molecule has 14 heteroatoms. The molecule has 3 aromatic rings. The quantitative estimate of drug-likeness (QED) is 0.365. The van der Waals surface area contributed by atoms with Gasteiger partial charge in [0.1, 0.15) is 23.1 Å². The van der Waals surface area contributed by atoms with E-state index in [2.05, 4.69) is 15.6 Å². The number of nitrogens with one attached hydrogen (secondary N) is 2. The Morgan fingerprint density at radius 2 is 1.90 bits per heavy atom. The lowest BCUT2D eigenvalue weighted by Crippen LogP contribution is -2.33. The Labute approximate surface area is 237 Å². The summed E-state index contributed by atoms with van der Waals surface area (Å²) in [6, 6.07) is 5.14. The first-order valence-electron chi connectivity index (χ1n) is 13.6. The molecule has 1 saturated carbocycles. The summed E-state index contributed by atoms with van der Waals surface area (Å²) in [5, 5.41) is 15.1. The van der Waals surface area contributed by atoms with E-state index in [1.54, 1.807) is 15.5 Å². The number of carbonyl (C=O) groups excluding carboxylic acids is 2. The van der Waals surface area contributed by atoms with Crippen LogP contribution in [0.2, 0.25) is 0 Å². The molecule has 3 N–H and O–H groups in total. The van der Waals surface area contributed by atoms with E-state index in [0.29, 0.717) is 25.2 Å². The number of carboxylic acid groups (broad SMARTS) is 1. The van der Waals surface area contributed by atoms with Crippen molar-refractivity contribution in [3.8, 4) is 0 Å². The van der Waals surface area contributed by atoms with Crippen molar-refractivity contribution in [3.63, 3.8) is 0 Å². The molecule has 3 fully saturated rings. The second kappa shape index (κ2) is 10.6. The van der Waals surface area contributed by atoms with Crippen molar-refractivity contribution in [2.24, 2.45) is 0 Å². The number of fused-ring (bicyclic) bond motifs is 1. The summed E-state index contributed by atoms with van der Waals surface area (Å²) >= 11 is 0. The van der Waals surface area contributed by atoms with Crippen LogP contribution in [0.4, 0.5) is 30.8 Å². The van der Waals surface area contributed by atoms with Crippen molar-refractivity contribution in [2.45, 2.75) is 44.4 Å². The Kier molecular flexibility index (Phi) is 6.91. The minimum atomic E-state index is -1.37. The molecule has 42 heavy (non-hydrogen) atoms. The van der Waals surface area contributed by atoms with E-state index >= 15 is 8.78 Å². The highest BCUT2D eigenvalue weighted by Crippen LogP contribution is 2.37. The monoisotopic (exact) mass is 582 g/mol. The first-order valence-corrected chi connectivity index (χ1v) is 13.6. The maximum absolute atomic E-state index is 15.2. The molecule has 2 aromatic heterocycles. The first kappa shape index (κ1) is 27.4. The average Bonchev–Trinajstić information content (AvgIpc) is 3.56. The first-order chi connectivity index (χ1) is 20.1. The zero-order chi connectivity index (χ0) is 29.7. The van der Waals surface area contributed by atoms with E-state index in [1.807, 2.05) is 0 Å². The topological polar surface area (TPSA) is 146 Å². The standard InChI is InChI=1S/C28H28F2N6O6/c1-14(37)31-10-18-12-36(28(41)42-18)17-4-5-23(21(29)8-17)32-15-6-7-34(11-15)26-22(30)9-19-24(38)20(27(39)40)13-35(16-2-3-16)25(19)33-26/h4-5,8-9,13,15-16,18,32H,2-3,6-7,10-12H2,1H3,(H,31,37)(H,39,40)/t15-,18-/m0/s1. The summed E-state index contributed by atoms with van der Waals surface area (Å²) < 4.78 is 37.2. The molecule has 3 aliphatic rings. The predicted molar refractivity (Wildman–Crippen MR) is 148 cm³/mol. The molecule has 0 radical (unpaired) electrons. The fourth-order valence-corrected chi connectivity index (χ4v) is 5.42. The number of cyclic esters (lactones) is 1. The van der Waals surface area contributed by atoms with Crippen molar-refractivity contribution in [2.75, 3.05) is 41.3 Å². The largest absolute Gasteiger partial charge is 0.477 e. The van der Waals surface area contributed by atoms with Crippen LogP contribution in [0.1, 0.15) is 42.6 Å². The van der Waals surface area contributed by atoms with Crippen LogP contribution in [-0.2, 0) is 9.53 Å². The third-order valence-corrected chi connectivity index (χ3v) is 7.67. The molecule has 0 unspecified atom stereocenters. The van der Waals surface area contributed by atoms with Gasteiger partial charge in [0.15, 0.2) is 11.6 Å². The molecule has 12 nitrogen and oxygen atoms in total. The molecule has 6 rings (SSSR count). The van der Waals surface area contributed by atoms with Crippen LogP contribution in [0.15, 0.2) is 35.3 Å². The van der Waals surface area contributed by atoms with Gasteiger partial charge in [-0.2, -0.15) is 0 Å². The van der Waals surface area contributed by atoms with E-state index in [9.17, 15) is 24.3 Å². The van der Waals surface area contributed by atoms with Crippen LogP contribution in [0.25, 0.3) is 11.0 Å². The summed E-state index contributed by atoms with van der Waals surface area (Å²) in [6.07, 6.45) is 2.27. The molecule has 2 amide bonds. The van der Waals surface area contributed by atoms with Crippen LogP contribution < -0.4 is 25.9 Å². The number of anilines is 3. The Hall–Kier alpha value is -4.75. The van der Waals surface area contributed by atoms with Crippen LogP contribution >= 0.6 is 0 Å². The lowest BCUT2D eigenvalue weighted by molar-refractivity contribution is -0.119. The summed E-state index contributed by atoms with van der Waals surface area (Å²) in [4.78, 5) is 55.2. The summed E-state index contributed by atoms with van der Waals surface area (Å²) in [5.41, 5.74) is -0.437. The molecule has 2 saturated heterocycles. The van der Waals surface area contributed by atoms with Gasteiger partial charge in [0.05, 0.1) is 29.9 Å². The van der Waals surface area contributed by atoms with E-state index in [0.717, 1.165) is 18.9 Å². The second-order valence-electron chi connectivity index (χ2n) is 10.8. The number of halogens is 2. The van der Waals surface area contributed by atoms with Gasteiger partial charge in [-0.3, -0.25) is 14.5 Å². The number of carbonyl (C=O) groups is 3. The van der Waals surface area contributed by atoms with Gasteiger partial charge in [0, 0.05) is 38.3 Å². The van der Waals surface area contributed by atoms with Gasteiger partial charge >= 0.3 is 12.1 Å². The number of benzene rings is 1. The maximum Gasteiger partial charge on any atom is 0.414 e. The minimum Gasteiger partial charge on any atom is -0.477 e. The highest BCUT2D eigenvalue weighted by Gasteiger charge is 2.34. The lowest BCUT2D eigenvalue weighted by Gasteiger charge is -2.21. The van der Waals surface area contributed by atoms with Gasteiger partial charge in [0.25, 0.3) is 0 Å². The van der Waals surface area contributed by atoms with E-state index in [1.165, 1.54) is 30.2 Å². The Morgan fingerprint density at radius 1 is 1.12 bits per heavy atom. The molecule has 1 aliphatic carbocycles. The Bertz CT molecular complexity index is 1670. The zero-order valence-corrected chi connectivity index (χ0v) is 22.6. The van der Waals surface area contributed by atoms with Crippen LogP contribution in [0, 0.1) is 11.6 Å². The maximum atomic E-state index is 15.2. The van der Waals surface area contributed by atoms with E-state index in [-0.39, 0.29) is 53.6 Å². The van der Waals surface area contributed by atoms with E-state index in [4.69, 9.17) is 4.74 Å². The molecular weight excluding hydrogens is 554 g/mol. The third kappa shape index (κ3) is 5.19. The van der Waals surface area contributed by atoms with E-state index < -0.39 is 40.8 Å². The van der Waals surface area contributed by atoms with Crippen molar-refractivity contribution in [1.29, 1.82) is 0 Å². The summed E-state index contributed by atoms with van der Waals surface area (Å²) in [5.74, 6) is -2.90. The number of nitrogens with zero attached hydrogens (tertiary/aromatic N) is 4. The van der Waals surface area contributed by atoms with Gasteiger partial charge in [-0.05, 0) is 43.5 Å². The molecular formula is C28H28F2N6O6. The highest BCUT2D eigenvalue weighted by molar-refractivity contribution is 5.92. The second-order valence-corrected chi connectivity index (χ2v) is 10.8. The average molecular weight is 583 g/mol. The highest BCUT2D eigenvalue weighted by atomic mass is 19.1. The van der Waals surface area contributed by atoms with Gasteiger partial charge < -0.3 is 29.9 Å². The van der Waals surface area contributed by atoms with Crippen LogP contribution in [0.5, 0.6) is 0 Å². The van der Waals surface area contributed by atoms with Crippen molar-refractivity contribution < 1.29 is 33.0 Å². The lowest BCUT2D eigenvalue weighted by atomic mass is 10.2. The fourth-order valence-electron chi connectivity index (χ4n) is 5.42. The smallest absolute Gasteiger partial charge is 0.414 e.